The molecule has 0 amide bonds. The van der Waals surface area contributed by atoms with Crippen molar-refractivity contribution in [1.82, 2.24) is 4.57 Å². The largest absolute Gasteiger partial charge is 0.310 e. The first-order valence-corrected chi connectivity index (χ1v) is 22.3. The maximum absolute atomic E-state index is 2.44. The predicted molar refractivity (Wildman–Crippen MR) is 270 cm³/mol. The second-order valence-electron chi connectivity index (χ2n) is 16.1. The van der Waals surface area contributed by atoms with Gasteiger partial charge in [0.25, 0.3) is 0 Å². The molecule has 0 bridgehead atoms. The Hall–Kier alpha value is -7.98. The molecule has 0 atom stereocenters. The molecule has 12 aromatic rings. The van der Waals surface area contributed by atoms with Crippen molar-refractivity contribution in [2.45, 2.75) is 0 Å². The Kier molecular flexibility index (Phi) is 9.06. The zero-order chi connectivity index (χ0) is 41.7. The molecule has 0 fully saturated rings. The van der Waals surface area contributed by atoms with Crippen LogP contribution in [-0.4, -0.2) is 4.57 Å². The summed E-state index contributed by atoms with van der Waals surface area (Å²) in [5, 5.41) is 5.06. The molecule has 0 aliphatic carbocycles. The van der Waals surface area contributed by atoms with Crippen molar-refractivity contribution in [1.29, 1.82) is 0 Å². The number of benzene rings is 10. The maximum Gasteiger partial charge on any atom is 0.0541 e. The molecular weight excluding hydrogens is 781 g/mol. The van der Waals surface area contributed by atoms with Crippen LogP contribution in [-0.2, 0) is 0 Å². The minimum atomic E-state index is 1.10. The molecular formula is C60H40N2S. The van der Waals surface area contributed by atoms with Crippen molar-refractivity contribution >= 4 is 70.4 Å². The minimum absolute atomic E-state index is 1.10. The lowest BCUT2D eigenvalue weighted by molar-refractivity contribution is 1.18. The third-order valence-corrected chi connectivity index (χ3v) is 13.5. The van der Waals surface area contributed by atoms with Crippen LogP contribution >= 0.6 is 11.3 Å². The first-order valence-electron chi connectivity index (χ1n) is 21.5. The summed E-state index contributed by atoms with van der Waals surface area (Å²) in [6, 6.07) is 88.5. The van der Waals surface area contributed by atoms with E-state index in [-0.39, 0.29) is 0 Å². The monoisotopic (exact) mass is 820 g/mol. The Labute approximate surface area is 370 Å². The Bertz CT molecular complexity index is 3510. The van der Waals surface area contributed by atoms with Crippen LogP contribution in [0, 0.1) is 0 Å². The summed E-state index contributed by atoms with van der Waals surface area (Å²) in [6.07, 6.45) is 0. The van der Waals surface area contributed by atoms with Crippen LogP contribution in [0.2, 0.25) is 0 Å². The van der Waals surface area contributed by atoms with Gasteiger partial charge in [0, 0.05) is 53.6 Å². The van der Waals surface area contributed by atoms with Crippen molar-refractivity contribution in [3.05, 3.63) is 243 Å². The van der Waals surface area contributed by atoms with Crippen LogP contribution in [0.25, 0.3) is 92.2 Å². The summed E-state index contributed by atoms with van der Waals surface area (Å²) in [5.41, 5.74) is 16.4. The van der Waals surface area contributed by atoms with E-state index in [1.165, 1.54) is 75.4 Å². The number of para-hydroxylation sites is 1. The highest BCUT2D eigenvalue weighted by Gasteiger charge is 2.20. The normalized spacial score (nSPS) is 11.5. The molecule has 0 saturated carbocycles. The van der Waals surface area contributed by atoms with Gasteiger partial charge in [-0.3, -0.25) is 0 Å². The van der Waals surface area contributed by atoms with Crippen molar-refractivity contribution in [3.8, 4) is 50.2 Å². The van der Waals surface area contributed by atoms with Crippen molar-refractivity contribution in [3.63, 3.8) is 0 Å². The fourth-order valence-electron chi connectivity index (χ4n) is 9.36. The van der Waals surface area contributed by atoms with E-state index in [0.29, 0.717) is 0 Å². The quantitative estimate of drug-likeness (QED) is 0.148. The van der Waals surface area contributed by atoms with Gasteiger partial charge in [0.2, 0.25) is 0 Å². The lowest BCUT2D eigenvalue weighted by Crippen LogP contribution is -2.11. The first-order chi connectivity index (χ1) is 31.2. The van der Waals surface area contributed by atoms with Gasteiger partial charge in [0.05, 0.1) is 16.7 Å². The van der Waals surface area contributed by atoms with Crippen molar-refractivity contribution in [2.24, 2.45) is 0 Å². The number of fused-ring (bicyclic) bond motifs is 6. The molecule has 2 nitrogen and oxygen atoms in total. The van der Waals surface area contributed by atoms with Gasteiger partial charge in [-0.25, -0.2) is 0 Å². The van der Waals surface area contributed by atoms with E-state index in [1.54, 1.807) is 0 Å². The highest BCUT2D eigenvalue weighted by molar-refractivity contribution is 7.25. The second-order valence-corrected chi connectivity index (χ2v) is 17.2. The van der Waals surface area contributed by atoms with E-state index in [0.717, 1.165) is 33.9 Å². The molecule has 0 radical (unpaired) electrons. The SMILES string of the molecule is c1ccc(-c2ccc(N(c3ccc4c(c3)sc3ccccc34)c3ccccc3-c3cccc(-n4c5ccc(-c6ccccc6)cc5c5cc(-c6ccccc6)ccc54)c3)cc2)cc1. The molecule has 63 heavy (non-hydrogen) atoms. The lowest BCUT2D eigenvalue weighted by atomic mass is 10.00. The Balaban J connectivity index is 1.02. The molecule has 0 N–H and O–H groups in total. The number of thiophene rings is 1. The number of rotatable bonds is 8. The molecule has 296 valence electrons. The number of aromatic nitrogens is 1. The molecule has 3 heteroatoms. The second kappa shape index (κ2) is 15.5. The van der Waals surface area contributed by atoms with Gasteiger partial charge >= 0.3 is 0 Å². The number of anilines is 3. The summed E-state index contributed by atoms with van der Waals surface area (Å²) in [5.74, 6) is 0. The molecule has 0 aliphatic heterocycles. The molecule has 2 aromatic heterocycles. The Morgan fingerprint density at radius 2 is 0.810 bits per heavy atom. The molecule has 10 aromatic carbocycles. The number of hydrogen-bond donors (Lipinski definition) is 0. The highest BCUT2D eigenvalue weighted by atomic mass is 32.1. The molecule has 0 unspecified atom stereocenters. The smallest absolute Gasteiger partial charge is 0.0541 e. The molecule has 0 aliphatic rings. The fourth-order valence-corrected chi connectivity index (χ4v) is 10.5. The van der Waals surface area contributed by atoms with Crippen molar-refractivity contribution in [2.75, 3.05) is 4.90 Å². The zero-order valence-corrected chi connectivity index (χ0v) is 35.2. The van der Waals surface area contributed by atoms with Crippen LogP contribution in [0.4, 0.5) is 17.1 Å². The molecule has 0 saturated heterocycles. The van der Waals surface area contributed by atoms with E-state index in [1.807, 2.05) is 11.3 Å². The average Bonchev–Trinajstić information content (AvgIpc) is 3.90. The molecule has 0 spiro atoms. The zero-order valence-electron chi connectivity index (χ0n) is 34.4. The van der Waals surface area contributed by atoms with Gasteiger partial charge in [-0.1, -0.05) is 170 Å². The maximum atomic E-state index is 2.44. The van der Waals surface area contributed by atoms with Gasteiger partial charge in [-0.2, -0.15) is 0 Å². The summed E-state index contributed by atoms with van der Waals surface area (Å²) < 4.78 is 5.02. The van der Waals surface area contributed by atoms with E-state index < -0.39 is 0 Å². The fraction of sp³-hybridized carbons (Fsp3) is 0. The van der Waals surface area contributed by atoms with Crippen LogP contribution in [0.1, 0.15) is 0 Å². The third-order valence-electron chi connectivity index (χ3n) is 12.4. The van der Waals surface area contributed by atoms with Crippen LogP contribution < -0.4 is 4.90 Å². The van der Waals surface area contributed by atoms with Crippen molar-refractivity contribution < 1.29 is 0 Å². The standard InChI is InChI=1S/C60H40N2S/c1-4-15-41(16-5-1)44-27-31-48(32-28-44)61(50-33-34-53-52-24-11-13-26-59(52)63-60(53)40-50)56-25-12-10-23-51(56)47-21-14-22-49(37-47)62-57-35-29-45(42-17-6-2-7-18-42)38-54(57)55-39-46(30-36-58(55)62)43-19-8-3-9-20-43/h1-40H. The Morgan fingerprint density at radius 1 is 0.302 bits per heavy atom. The predicted octanol–water partition coefficient (Wildman–Crippen LogP) is 17.3. The van der Waals surface area contributed by atoms with Crippen LogP contribution in [0.5, 0.6) is 0 Å². The van der Waals surface area contributed by atoms with Gasteiger partial charge in [-0.05, 0) is 112 Å². The first kappa shape index (κ1) is 36.8. The summed E-state index contributed by atoms with van der Waals surface area (Å²) in [4.78, 5) is 2.43. The lowest BCUT2D eigenvalue weighted by Gasteiger charge is -2.28. The molecule has 12 rings (SSSR count). The van der Waals surface area contributed by atoms with Crippen LogP contribution in [0.15, 0.2) is 243 Å². The van der Waals surface area contributed by atoms with E-state index in [2.05, 4.69) is 252 Å². The van der Waals surface area contributed by atoms with Gasteiger partial charge in [-0.15, -0.1) is 11.3 Å². The van der Waals surface area contributed by atoms with Crippen LogP contribution in [0.3, 0.4) is 0 Å². The minimum Gasteiger partial charge on any atom is -0.310 e. The molecule has 2 heterocycles. The third kappa shape index (κ3) is 6.58. The van der Waals surface area contributed by atoms with E-state index in [9.17, 15) is 0 Å². The van der Waals surface area contributed by atoms with Gasteiger partial charge in [0.1, 0.15) is 0 Å². The number of hydrogen-bond acceptors (Lipinski definition) is 2. The highest BCUT2D eigenvalue weighted by Crippen LogP contribution is 2.45. The summed E-state index contributed by atoms with van der Waals surface area (Å²) in [7, 11) is 0. The Morgan fingerprint density at radius 3 is 1.48 bits per heavy atom. The summed E-state index contributed by atoms with van der Waals surface area (Å²) in [6.45, 7) is 0. The van der Waals surface area contributed by atoms with E-state index >= 15 is 0 Å². The van der Waals surface area contributed by atoms with Gasteiger partial charge in [0.15, 0.2) is 0 Å². The van der Waals surface area contributed by atoms with Gasteiger partial charge < -0.3 is 9.47 Å². The summed E-state index contributed by atoms with van der Waals surface area (Å²) >= 11 is 1.86. The average molecular weight is 821 g/mol. The van der Waals surface area contributed by atoms with E-state index in [4.69, 9.17) is 0 Å². The topological polar surface area (TPSA) is 8.17 Å². The number of nitrogens with zero attached hydrogens (tertiary/aromatic N) is 2.